The van der Waals surface area contributed by atoms with Crippen LogP contribution in [0.15, 0.2) is 12.7 Å². The SMILES string of the molecule is CCN(CC)CC.CCN(CC)CC.CCN(CC)CC.CCN(CC)CC.Nc1ncnc2c1ncn2[C@@H]1O[C@H](COP(=O)(O)OP(=O)(O)OP(=O)(O)O)C[C@H]1O. The number of hydrogen-bond acceptors (Lipinski definition) is 16. The van der Waals surface area contributed by atoms with Crippen molar-refractivity contribution < 1.29 is 56.3 Å². The summed E-state index contributed by atoms with van der Waals surface area (Å²) >= 11 is 0. The van der Waals surface area contributed by atoms with Gasteiger partial charge < -0.3 is 54.8 Å². The summed E-state index contributed by atoms with van der Waals surface area (Å²) in [6.07, 6.45) is -0.711. The summed E-state index contributed by atoms with van der Waals surface area (Å²) in [5.41, 5.74) is 6.22. The summed E-state index contributed by atoms with van der Waals surface area (Å²) in [6.45, 7) is 39.8. The van der Waals surface area contributed by atoms with E-state index in [0.29, 0.717) is 0 Å². The van der Waals surface area contributed by atoms with E-state index in [1.165, 1.54) is 95.8 Å². The molecule has 2 aromatic heterocycles. The number of nitrogen functional groups attached to an aromatic ring is 1. The van der Waals surface area contributed by atoms with E-state index < -0.39 is 48.5 Å². The van der Waals surface area contributed by atoms with Crippen molar-refractivity contribution in [3.63, 3.8) is 0 Å². The van der Waals surface area contributed by atoms with Gasteiger partial charge in [0.15, 0.2) is 17.7 Å². The van der Waals surface area contributed by atoms with Gasteiger partial charge in [0.25, 0.3) is 0 Å². The van der Waals surface area contributed by atoms with E-state index in [4.69, 9.17) is 25.2 Å². The molecular weight excluding hydrogens is 819 g/mol. The van der Waals surface area contributed by atoms with Crippen LogP contribution in [-0.4, -0.2) is 161 Å². The Morgan fingerprint density at radius 3 is 1.41 bits per heavy atom. The molecule has 21 nitrogen and oxygen atoms in total. The summed E-state index contributed by atoms with van der Waals surface area (Å²) in [5.74, 6) is 0.107. The first-order valence-electron chi connectivity index (χ1n) is 20.1. The van der Waals surface area contributed by atoms with Crippen LogP contribution < -0.4 is 5.73 Å². The smallest absolute Gasteiger partial charge is 0.388 e. The molecule has 0 aromatic carbocycles. The van der Waals surface area contributed by atoms with E-state index >= 15 is 0 Å². The Morgan fingerprint density at radius 2 is 1.07 bits per heavy atom. The van der Waals surface area contributed by atoms with Gasteiger partial charge in [-0.15, -0.1) is 0 Å². The zero-order valence-electron chi connectivity index (χ0n) is 36.9. The molecule has 1 fully saturated rings. The van der Waals surface area contributed by atoms with Gasteiger partial charge in [0.1, 0.15) is 17.9 Å². The van der Waals surface area contributed by atoms with Crippen LogP contribution in [0.1, 0.15) is 95.7 Å². The van der Waals surface area contributed by atoms with Crippen molar-refractivity contribution in [3.05, 3.63) is 12.7 Å². The van der Waals surface area contributed by atoms with Crippen molar-refractivity contribution in [3.8, 4) is 0 Å². The van der Waals surface area contributed by atoms with Gasteiger partial charge in [-0.25, -0.2) is 28.6 Å². The Hall–Kier alpha value is -1.48. The topological polar surface area (TPSA) is 272 Å². The molecule has 344 valence electrons. The van der Waals surface area contributed by atoms with Gasteiger partial charge in [-0.2, -0.15) is 8.62 Å². The lowest BCUT2D eigenvalue weighted by molar-refractivity contribution is -0.0481. The summed E-state index contributed by atoms with van der Waals surface area (Å²) < 4.78 is 52.3. The second-order valence-corrected chi connectivity index (χ2v) is 16.8. The Morgan fingerprint density at radius 1 is 0.672 bits per heavy atom. The maximum Gasteiger partial charge on any atom is 0.490 e. The highest BCUT2D eigenvalue weighted by Gasteiger charge is 2.42. The highest BCUT2D eigenvalue weighted by Crippen LogP contribution is 2.66. The van der Waals surface area contributed by atoms with Gasteiger partial charge in [-0.1, -0.05) is 83.1 Å². The lowest BCUT2D eigenvalue weighted by Gasteiger charge is -2.18. The number of phosphoric ester groups is 1. The van der Waals surface area contributed by atoms with Gasteiger partial charge in [0.05, 0.1) is 19.0 Å². The number of nitrogens with two attached hydrogens (primary N) is 1. The standard InChI is InChI=1S/C10H16N5O12P3.4C6H15N/c11-8-7-9(13-3-12-8)15(4-14-7)10-6(16)1-5(25-10)2-24-29(20,21)27-30(22,23)26-28(17,18)19;4*1-4-7(5-2)6-3/h3-6,10,16H,1-2H2,(H,20,21)(H,22,23)(H2,11,12,13)(H2,17,18,19);4*4-6H2,1-3H3/t5-,6+,10+;;;;/m0..../s1. The lowest BCUT2D eigenvalue weighted by atomic mass is 10.2. The number of aromatic nitrogens is 4. The first kappa shape index (κ1) is 58.6. The fourth-order valence-electron chi connectivity index (χ4n) is 5.31. The number of ether oxygens (including phenoxy) is 1. The molecule has 0 saturated carbocycles. The Bertz CT molecular complexity index is 1410. The van der Waals surface area contributed by atoms with Crippen LogP contribution in [0, 0.1) is 0 Å². The van der Waals surface area contributed by atoms with Gasteiger partial charge >= 0.3 is 23.5 Å². The van der Waals surface area contributed by atoms with E-state index in [-0.39, 0.29) is 23.4 Å². The zero-order chi connectivity index (χ0) is 45.1. The number of aliphatic hydroxyl groups is 1. The molecule has 2 aromatic rings. The van der Waals surface area contributed by atoms with Gasteiger partial charge in [-0.05, 0) is 78.5 Å². The quantitative estimate of drug-likeness (QED) is 0.0975. The largest absolute Gasteiger partial charge is 0.490 e. The molecule has 3 rings (SSSR count). The number of phosphoric acid groups is 3. The Labute approximate surface area is 346 Å². The predicted octanol–water partition coefficient (Wildman–Crippen LogP) is 4.79. The maximum absolute atomic E-state index is 11.8. The summed E-state index contributed by atoms with van der Waals surface area (Å²) in [7, 11) is -16.4. The molecular formula is C34H76N9O12P3. The molecule has 1 aliphatic rings. The van der Waals surface area contributed by atoms with Gasteiger partial charge in [0, 0.05) is 6.42 Å². The van der Waals surface area contributed by atoms with Crippen LogP contribution >= 0.6 is 23.5 Å². The van der Waals surface area contributed by atoms with Crippen molar-refractivity contribution in [2.75, 3.05) is 90.9 Å². The first-order chi connectivity index (χ1) is 27.1. The Balaban J connectivity index is 0. The molecule has 0 aliphatic carbocycles. The van der Waals surface area contributed by atoms with Crippen LogP contribution in [0.5, 0.6) is 0 Å². The minimum absolute atomic E-state index is 0.0827. The minimum atomic E-state index is -5.62. The second kappa shape index (κ2) is 31.4. The van der Waals surface area contributed by atoms with Crippen molar-refractivity contribution in [2.45, 2.75) is 108 Å². The molecule has 1 aliphatic heterocycles. The summed E-state index contributed by atoms with van der Waals surface area (Å²) in [6, 6.07) is 0. The average molecular weight is 896 g/mol. The number of rotatable bonds is 20. The van der Waals surface area contributed by atoms with E-state index in [1.807, 2.05) is 0 Å². The van der Waals surface area contributed by atoms with E-state index in [9.17, 15) is 23.7 Å². The third kappa shape index (κ3) is 24.7. The molecule has 0 radical (unpaired) electrons. The number of imidazole rings is 1. The van der Waals surface area contributed by atoms with E-state index in [0.717, 1.165) is 0 Å². The first-order valence-corrected chi connectivity index (χ1v) is 24.6. The molecule has 0 bridgehead atoms. The molecule has 2 unspecified atom stereocenters. The van der Waals surface area contributed by atoms with Crippen LogP contribution in [0.25, 0.3) is 11.2 Å². The van der Waals surface area contributed by atoms with Gasteiger partial charge in [-0.3, -0.25) is 9.09 Å². The average Bonchev–Trinajstić information content (AvgIpc) is 3.77. The summed E-state index contributed by atoms with van der Waals surface area (Å²) in [4.78, 5) is 56.9. The fraction of sp³-hybridized carbons (Fsp3) is 0.853. The Kier molecular flexibility index (Phi) is 31.7. The number of anilines is 1. The summed E-state index contributed by atoms with van der Waals surface area (Å²) in [5, 5.41) is 10.2. The van der Waals surface area contributed by atoms with Crippen molar-refractivity contribution in [1.82, 2.24) is 39.1 Å². The molecule has 3 heterocycles. The molecule has 24 heteroatoms. The molecule has 0 amide bonds. The molecule has 58 heavy (non-hydrogen) atoms. The highest BCUT2D eigenvalue weighted by atomic mass is 31.3. The normalized spacial score (nSPS) is 18.7. The van der Waals surface area contributed by atoms with Crippen LogP contribution in [0.4, 0.5) is 5.82 Å². The molecule has 5 atom stereocenters. The van der Waals surface area contributed by atoms with E-state index in [2.05, 4.69) is 131 Å². The maximum atomic E-state index is 11.8. The highest BCUT2D eigenvalue weighted by molar-refractivity contribution is 7.66. The van der Waals surface area contributed by atoms with E-state index in [1.54, 1.807) is 0 Å². The molecule has 1 saturated heterocycles. The molecule has 7 N–H and O–H groups in total. The van der Waals surface area contributed by atoms with Crippen molar-refractivity contribution in [2.24, 2.45) is 0 Å². The number of hydrogen-bond donors (Lipinski definition) is 6. The fourth-order valence-corrected chi connectivity index (χ4v) is 8.36. The van der Waals surface area contributed by atoms with Crippen LogP contribution in [-0.2, 0) is 31.6 Å². The number of nitrogens with zero attached hydrogens (tertiary/aromatic N) is 8. The van der Waals surface area contributed by atoms with Crippen LogP contribution in [0.3, 0.4) is 0 Å². The monoisotopic (exact) mass is 895 g/mol. The lowest BCUT2D eigenvalue weighted by Crippen LogP contribution is -2.21. The number of fused-ring (bicyclic) bond motifs is 1. The van der Waals surface area contributed by atoms with Crippen molar-refractivity contribution in [1.29, 1.82) is 0 Å². The van der Waals surface area contributed by atoms with Gasteiger partial charge in [0.2, 0.25) is 0 Å². The van der Waals surface area contributed by atoms with Crippen LogP contribution in [0.2, 0.25) is 0 Å². The second-order valence-electron chi connectivity index (χ2n) is 12.4. The molecule has 0 spiro atoms. The van der Waals surface area contributed by atoms with Crippen molar-refractivity contribution >= 4 is 40.4 Å². The minimum Gasteiger partial charge on any atom is -0.388 e. The zero-order valence-corrected chi connectivity index (χ0v) is 39.6. The predicted molar refractivity (Wildman–Crippen MR) is 228 cm³/mol. The third-order valence-corrected chi connectivity index (χ3v) is 12.8. The third-order valence-electron chi connectivity index (χ3n) is 9.03. The number of aliphatic hydroxyl groups excluding tert-OH is 1.